The minimum absolute atomic E-state index is 0.187. The number of nitrogens with zero attached hydrogens (tertiary/aromatic N) is 2. The molecule has 0 aliphatic heterocycles. The highest BCUT2D eigenvalue weighted by molar-refractivity contribution is 9.10. The SMILES string of the molecule is Clc1nc(Br)c2cccc(Cl)c2n1. The average Bonchev–Trinajstić information content (AvgIpc) is 2.07. The van der Waals surface area contributed by atoms with Gasteiger partial charge >= 0.3 is 0 Å². The lowest BCUT2D eigenvalue weighted by Crippen LogP contribution is -1.87. The highest BCUT2D eigenvalue weighted by atomic mass is 79.9. The summed E-state index contributed by atoms with van der Waals surface area (Å²) in [5, 5.41) is 1.62. The van der Waals surface area contributed by atoms with Crippen molar-refractivity contribution in [1.29, 1.82) is 0 Å². The van der Waals surface area contributed by atoms with E-state index in [0.717, 1.165) is 5.39 Å². The molecule has 2 aromatic rings. The molecule has 0 atom stereocenters. The van der Waals surface area contributed by atoms with Crippen molar-refractivity contribution in [2.45, 2.75) is 0 Å². The quantitative estimate of drug-likeness (QED) is 0.542. The maximum Gasteiger partial charge on any atom is 0.224 e. The number of rotatable bonds is 0. The zero-order chi connectivity index (χ0) is 9.42. The van der Waals surface area contributed by atoms with E-state index in [1.165, 1.54) is 0 Å². The molecule has 0 aliphatic carbocycles. The first-order valence-electron chi connectivity index (χ1n) is 3.46. The smallest absolute Gasteiger partial charge is 0.216 e. The van der Waals surface area contributed by atoms with E-state index < -0.39 is 0 Å². The molecule has 0 aliphatic rings. The molecule has 0 unspecified atom stereocenters. The summed E-state index contributed by atoms with van der Waals surface area (Å²) < 4.78 is 0.657. The standard InChI is InChI=1S/C8H3BrCl2N2/c9-7-4-2-1-3-5(10)6(4)12-8(11)13-7/h1-3H. The second-order valence-corrected chi connectivity index (χ2v) is 3.92. The molecular weight excluding hydrogens is 275 g/mol. The predicted molar refractivity (Wildman–Crippen MR) is 57.3 cm³/mol. The first-order chi connectivity index (χ1) is 6.18. The van der Waals surface area contributed by atoms with Gasteiger partial charge in [0.1, 0.15) is 4.60 Å². The van der Waals surface area contributed by atoms with Crippen molar-refractivity contribution in [3.63, 3.8) is 0 Å². The number of hydrogen-bond acceptors (Lipinski definition) is 2. The Hall–Kier alpha value is -0.380. The topological polar surface area (TPSA) is 25.8 Å². The number of benzene rings is 1. The Balaban J connectivity index is 2.94. The molecule has 0 spiro atoms. The van der Waals surface area contributed by atoms with Crippen LogP contribution in [0.3, 0.4) is 0 Å². The Bertz CT molecular complexity index is 473. The Kier molecular flexibility index (Phi) is 2.41. The first-order valence-corrected chi connectivity index (χ1v) is 5.00. The fourth-order valence-corrected chi connectivity index (χ4v) is 2.03. The van der Waals surface area contributed by atoms with Gasteiger partial charge in [0.25, 0.3) is 0 Å². The van der Waals surface area contributed by atoms with E-state index in [0.29, 0.717) is 15.1 Å². The van der Waals surface area contributed by atoms with Gasteiger partial charge in [0, 0.05) is 5.39 Å². The van der Waals surface area contributed by atoms with E-state index in [-0.39, 0.29) is 5.28 Å². The van der Waals surface area contributed by atoms with Gasteiger partial charge in [-0.3, -0.25) is 0 Å². The molecule has 2 rings (SSSR count). The van der Waals surface area contributed by atoms with Crippen LogP contribution in [0, 0.1) is 0 Å². The highest BCUT2D eigenvalue weighted by Gasteiger charge is 2.06. The van der Waals surface area contributed by atoms with Crippen molar-refractivity contribution in [3.8, 4) is 0 Å². The molecule has 5 heteroatoms. The molecule has 0 fully saturated rings. The summed E-state index contributed by atoms with van der Waals surface area (Å²) in [6.45, 7) is 0. The normalized spacial score (nSPS) is 10.7. The summed E-state index contributed by atoms with van der Waals surface area (Å²) in [5.41, 5.74) is 0.663. The minimum atomic E-state index is 0.187. The Labute approximate surface area is 93.0 Å². The zero-order valence-electron chi connectivity index (χ0n) is 6.26. The summed E-state index contributed by atoms with van der Waals surface area (Å²) in [6.07, 6.45) is 0. The molecule has 66 valence electrons. The van der Waals surface area contributed by atoms with Gasteiger partial charge in [0.15, 0.2) is 0 Å². The van der Waals surface area contributed by atoms with E-state index in [1.54, 1.807) is 6.07 Å². The lowest BCUT2D eigenvalue weighted by Gasteiger charge is -2.00. The van der Waals surface area contributed by atoms with Crippen LogP contribution in [0.1, 0.15) is 0 Å². The Morgan fingerprint density at radius 2 is 1.92 bits per heavy atom. The first kappa shape index (κ1) is 9.19. The summed E-state index contributed by atoms with van der Waals surface area (Å²) in [4.78, 5) is 7.98. The third kappa shape index (κ3) is 1.64. The monoisotopic (exact) mass is 276 g/mol. The summed E-state index contributed by atoms with van der Waals surface area (Å²) in [7, 11) is 0. The minimum Gasteiger partial charge on any atom is -0.216 e. The molecule has 0 N–H and O–H groups in total. The van der Waals surface area contributed by atoms with E-state index in [1.807, 2.05) is 12.1 Å². The Morgan fingerprint density at radius 1 is 1.15 bits per heavy atom. The third-order valence-corrected chi connectivity index (χ3v) is 2.68. The van der Waals surface area contributed by atoms with Crippen LogP contribution in [0.2, 0.25) is 10.3 Å². The van der Waals surface area contributed by atoms with Crippen molar-refractivity contribution in [2.24, 2.45) is 0 Å². The van der Waals surface area contributed by atoms with Crippen molar-refractivity contribution in [2.75, 3.05) is 0 Å². The van der Waals surface area contributed by atoms with Gasteiger partial charge in [-0.25, -0.2) is 9.97 Å². The lowest BCUT2D eigenvalue weighted by molar-refractivity contribution is 1.19. The van der Waals surface area contributed by atoms with E-state index in [9.17, 15) is 0 Å². The molecule has 1 heterocycles. The second kappa shape index (κ2) is 3.40. The number of aromatic nitrogens is 2. The second-order valence-electron chi connectivity index (χ2n) is 2.42. The molecule has 1 aromatic heterocycles. The number of hydrogen-bond donors (Lipinski definition) is 0. The maximum absolute atomic E-state index is 5.93. The Morgan fingerprint density at radius 3 is 2.69 bits per heavy atom. The summed E-state index contributed by atoms with van der Waals surface area (Å²) in [6, 6.07) is 5.48. The molecular formula is C8H3BrCl2N2. The maximum atomic E-state index is 5.93. The van der Waals surface area contributed by atoms with Crippen molar-refractivity contribution >= 4 is 50.0 Å². The molecule has 1 aromatic carbocycles. The van der Waals surface area contributed by atoms with Crippen LogP contribution in [-0.4, -0.2) is 9.97 Å². The van der Waals surface area contributed by atoms with Gasteiger partial charge in [-0.2, -0.15) is 0 Å². The van der Waals surface area contributed by atoms with Gasteiger partial charge in [0.2, 0.25) is 5.28 Å². The van der Waals surface area contributed by atoms with Crippen molar-refractivity contribution in [1.82, 2.24) is 9.97 Å². The van der Waals surface area contributed by atoms with Gasteiger partial charge in [-0.15, -0.1) is 0 Å². The highest BCUT2D eigenvalue weighted by Crippen LogP contribution is 2.27. The van der Waals surface area contributed by atoms with Crippen LogP contribution in [0.4, 0.5) is 0 Å². The van der Waals surface area contributed by atoms with Crippen LogP contribution < -0.4 is 0 Å². The molecule has 0 saturated carbocycles. The molecule has 0 bridgehead atoms. The van der Waals surface area contributed by atoms with E-state index >= 15 is 0 Å². The van der Waals surface area contributed by atoms with Gasteiger partial charge in [0.05, 0.1) is 10.5 Å². The van der Waals surface area contributed by atoms with Crippen molar-refractivity contribution in [3.05, 3.63) is 33.1 Å². The lowest BCUT2D eigenvalue weighted by atomic mass is 10.2. The van der Waals surface area contributed by atoms with Gasteiger partial charge in [-0.1, -0.05) is 17.7 Å². The fraction of sp³-hybridized carbons (Fsp3) is 0. The summed E-state index contributed by atoms with van der Waals surface area (Å²) in [5.74, 6) is 0. The molecule has 13 heavy (non-hydrogen) atoms. The molecule has 0 saturated heterocycles. The molecule has 0 radical (unpaired) electrons. The fourth-order valence-electron chi connectivity index (χ4n) is 1.05. The number of halogens is 3. The number of para-hydroxylation sites is 1. The largest absolute Gasteiger partial charge is 0.224 e. The third-order valence-electron chi connectivity index (χ3n) is 1.60. The van der Waals surface area contributed by atoms with Gasteiger partial charge in [-0.05, 0) is 39.7 Å². The average molecular weight is 278 g/mol. The van der Waals surface area contributed by atoms with Gasteiger partial charge < -0.3 is 0 Å². The molecule has 2 nitrogen and oxygen atoms in total. The van der Waals surface area contributed by atoms with Crippen LogP contribution >= 0.6 is 39.1 Å². The van der Waals surface area contributed by atoms with Crippen LogP contribution in [0.25, 0.3) is 10.9 Å². The molecule has 0 amide bonds. The van der Waals surface area contributed by atoms with E-state index in [4.69, 9.17) is 23.2 Å². The van der Waals surface area contributed by atoms with Crippen LogP contribution in [0.5, 0.6) is 0 Å². The number of fused-ring (bicyclic) bond motifs is 1. The van der Waals surface area contributed by atoms with E-state index in [2.05, 4.69) is 25.9 Å². The van der Waals surface area contributed by atoms with Crippen molar-refractivity contribution < 1.29 is 0 Å². The predicted octanol–water partition coefficient (Wildman–Crippen LogP) is 3.70. The van der Waals surface area contributed by atoms with Crippen LogP contribution in [-0.2, 0) is 0 Å². The summed E-state index contributed by atoms with van der Waals surface area (Å²) >= 11 is 14.9. The van der Waals surface area contributed by atoms with Crippen LogP contribution in [0.15, 0.2) is 22.8 Å². The zero-order valence-corrected chi connectivity index (χ0v) is 9.36.